The summed E-state index contributed by atoms with van der Waals surface area (Å²) in [5, 5.41) is 17.0. The number of ether oxygens (including phenoxy) is 3. The lowest BCUT2D eigenvalue weighted by atomic mass is 10.1. The fourth-order valence-corrected chi connectivity index (χ4v) is 7.37. The molecule has 0 spiro atoms. The average molecular weight is 809 g/mol. The van der Waals surface area contributed by atoms with Gasteiger partial charge in [0.2, 0.25) is 0 Å². The van der Waals surface area contributed by atoms with Crippen LogP contribution in [0.5, 0.6) is 12.0 Å². The zero-order chi connectivity index (χ0) is 41.1. The largest absolute Gasteiger partial charge is 0.463 e. The van der Waals surface area contributed by atoms with Crippen molar-refractivity contribution in [1.29, 1.82) is 0 Å². The molecule has 1 aliphatic heterocycles. The Hall–Kier alpha value is -5.82. The number of aliphatic hydroxyl groups is 1. The van der Waals surface area contributed by atoms with Crippen LogP contribution in [0.15, 0.2) is 58.1 Å². The number of aromatic amines is 2. The molecule has 1 saturated carbocycles. The van der Waals surface area contributed by atoms with Crippen molar-refractivity contribution < 1.29 is 19.3 Å². The van der Waals surface area contributed by atoms with Gasteiger partial charge in [0.15, 0.2) is 22.9 Å². The van der Waals surface area contributed by atoms with Gasteiger partial charge in [0.1, 0.15) is 17.6 Å². The van der Waals surface area contributed by atoms with Gasteiger partial charge in [-0.05, 0) is 67.7 Å². The summed E-state index contributed by atoms with van der Waals surface area (Å²) < 4.78 is 20.1. The number of methoxy groups -OCH3 is 1. The van der Waals surface area contributed by atoms with Crippen LogP contribution in [0.2, 0.25) is 0 Å². The van der Waals surface area contributed by atoms with Crippen molar-refractivity contribution in [2.75, 3.05) is 51.1 Å². The number of hydrogen-bond donors (Lipinski definition) is 6. The number of likely N-dealkylation sites (tertiary alicyclic amines) is 1. The zero-order valence-corrected chi connectivity index (χ0v) is 33.7. The first-order valence-electron chi connectivity index (χ1n) is 20.1. The van der Waals surface area contributed by atoms with E-state index >= 15 is 0 Å². The summed E-state index contributed by atoms with van der Waals surface area (Å²) in [4.78, 5) is 53.0. The predicted octanol–water partition coefficient (Wildman–Crippen LogP) is 2.94. The highest BCUT2D eigenvalue weighted by Crippen LogP contribution is 2.30. The number of imidazole rings is 2. The number of hydrogen-bond acceptors (Lipinski definition) is 14. The SMILES string of the molecule is COCCOc1nc(NC2CCCN2Cc2cccc(Cn3c(=O)[nH]c4c(N)nc(OCC5CC5)nc43)c2)c2[nH]c(=O)n(Cc3cccc(CNCC(C)(C)O)c3)c2n1. The topological polar surface area (TPSA) is 228 Å². The van der Waals surface area contributed by atoms with E-state index in [1.807, 2.05) is 36.4 Å². The molecule has 1 atom stereocenters. The minimum Gasteiger partial charge on any atom is -0.463 e. The van der Waals surface area contributed by atoms with Crippen LogP contribution >= 0.6 is 0 Å². The summed E-state index contributed by atoms with van der Waals surface area (Å²) in [5.41, 5.74) is 10.4. The summed E-state index contributed by atoms with van der Waals surface area (Å²) in [5.74, 6) is 1.16. The number of nitrogens with zero attached hydrogens (tertiary/aromatic N) is 7. The Kier molecular flexibility index (Phi) is 11.6. The standard InChI is InChI=1S/C41H52N12O6/c1-41(2,56)24-43-19-26-7-4-9-28(17-26)21-53-36-32(46-40(53)55)34(48-38(50-36)58-16-15-57-3)44-30-11-6-14-51(30)20-27-8-5-10-29(18-27)22-52-35-31(45-39(52)54)33(42)47-37(49-35)59-23-25-12-13-25/h4-5,7-10,17-18,25,30,43,56H,6,11-16,19-24H2,1-3H3,(H,45,54)(H,46,55)(H2,42,47,49)(H,44,48,50). The molecule has 2 aromatic carbocycles. The second-order valence-corrected chi connectivity index (χ2v) is 16.1. The highest BCUT2D eigenvalue weighted by Gasteiger charge is 2.28. The third-order valence-electron chi connectivity index (χ3n) is 10.5. The van der Waals surface area contributed by atoms with Crippen molar-refractivity contribution in [3.63, 3.8) is 0 Å². The number of H-pyrrole nitrogens is 2. The van der Waals surface area contributed by atoms with Crippen LogP contribution in [0.1, 0.15) is 61.8 Å². The van der Waals surface area contributed by atoms with E-state index in [2.05, 4.69) is 52.6 Å². The zero-order valence-electron chi connectivity index (χ0n) is 33.7. The van der Waals surface area contributed by atoms with Gasteiger partial charge in [-0.1, -0.05) is 48.5 Å². The number of rotatable bonds is 19. The summed E-state index contributed by atoms with van der Waals surface area (Å²) in [6, 6.07) is 16.4. The lowest BCUT2D eigenvalue weighted by Gasteiger charge is -2.26. The van der Waals surface area contributed by atoms with Crippen LogP contribution in [-0.4, -0.2) is 101 Å². The Morgan fingerprint density at radius 3 is 2.14 bits per heavy atom. The monoisotopic (exact) mass is 808 g/mol. The molecule has 1 aliphatic carbocycles. The van der Waals surface area contributed by atoms with Crippen molar-refractivity contribution in [2.24, 2.45) is 5.92 Å². The minimum atomic E-state index is -0.825. The lowest BCUT2D eigenvalue weighted by molar-refractivity contribution is 0.0795. The van der Waals surface area contributed by atoms with E-state index in [0.29, 0.717) is 66.9 Å². The first-order valence-corrected chi connectivity index (χ1v) is 20.1. The van der Waals surface area contributed by atoms with Crippen molar-refractivity contribution in [1.82, 2.24) is 49.3 Å². The first-order chi connectivity index (χ1) is 28.5. The fraction of sp³-hybridized carbons (Fsp3) is 0.463. The molecule has 1 unspecified atom stereocenters. The molecule has 0 bridgehead atoms. The van der Waals surface area contributed by atoms with Gasteiger partial charge in [-0.15, -0.1) is 0 Å². The average Bonchev–Trinajstić information content (AvgIpc) is 3.74. The number of benzene rings is 2. The van der Waals surface area contributed by atoms with Crippen molar-refractivity contribution >= 4 is 34.0 Å². The molecule has 6 aromatic rings. The third-order valence-corrected chi connectivity index (χ3v) is 10.5. The number of nitrogens with one attached hydrogen (secondary N) is 4. The maximum absolute atomic E-state index is 13.6. The molecule has 8 rings (SSSR count). The molecule has 18 heteroatoms. The van der Waals surface area contributed by atoms with E-state index in [1.54, 1.807) is 30.1 Å². The van der Waals surface area contributed by atoms with Gasteiger partial charge in [0.25, 0.3) is 0 Å². The van der Waals surface area contributed by atoms with E-state index in [0.717, 1.165) is 54.5 Å². The van der Waals surface area contributed by atoms with Crippen LogP contribution in [0.4, 0.5) is 11.6 Å². The molecule has 0 radical (unpaired) electrons. The smallest absolute Gasteiger partial charge is 0.328 e. The molecule has 7 N–H and O–H groups in total. The van der Waals surface area contributed by atoms with Gasteiger partial charge in [0, 0.05) is 33.3 Å². The molecule has 4 aromatic heterocycles. The van der Waals surface area contributed by atoms with Crippen molar-refractivity contribution in [3.05, 3.63) is 91.8 Å². The summed E-state index contributed by atoms with van der Waals surface area (Å²) >= 11 is 0. The molecular formula is C41H52N12O6. The molecule has 2 aliphatic rings. The van der Waals surface area contributed by atoms with Crippen molar-refractivity contribution in [3.8, 4) is 12.0 Å². The van der Waals surface area contributed by atoms with E-state index in [1.165, 1.54) is 0 Å². The van der Waals surface area contributed by atoms with Gasteiger partial charge < -0.3 is 45.7 Å². The van der Waals surface area contributed by atoms with Gasteiger partial charge in [-0.25, -0.2) is 9.59 Å². The highest BCUT2D eigenvalue weighted by atomic mass is 16.5. The summed E-state index contributed by atoms with van der Waals surface area (Å²) in [6.07, 6.45) is 3.96. The Bertz CT molecular complexity index is 2530. The van der Waals surface area contributed by atoms with Crippen LogP contribution in [0.25, 0.3) is 22.3 Å². The van der Waals surface area contributed by atoms with Crippen LogP contribution < -0.4 is 37.2 Å². The number of anilines is 2. The van der Waals surface area contributed by atoms with Crippen LogP contribution in [0.3, 0.4) is 0 Å². The predicted molar refractivity (Wildman–Crippen MR) is 222 cm³/mol. The Labute approximate surface area is 340 Å². The molecule has 5 heterocycles. The molecular weight excluding hydrogens is 757 g/mol. The summed E-state index contributed by atoms with van der Waals surface area (Å²) in [7, 11) is 1.59. The van der Waals surface area contributed by atoms with E-state index in [9.17, 15) is 14.7 Å². The van der Waals surface area contributed by atoms with Gasteiger partial charge in [-0.3, -0.25) is 14.0 Å². The van der Waals surface area contributed by atoms with E-state index in [-0.39, 0.29) is 55.1 Å². The first kappa shape index (κ1) is 40.0. The Morgan fingerprint density at radius 2 is 1.46 bits per heavy atom. The highest BCUT2D eigenvalue weighted by molar-refractivity contribution is 5.84. The maximum Gasteiger partial charge on any atom is 0.328 e. The van der Waals surface area contributed by atoms with Crippen molar-refractivity contribution in [2.45, 2.75) is 77.5 Å². The van der Waals surface area contributed by atoms with Gasteiger partial charge >= 0.3 is 23.4 Å². The summed E-state index contributed by atoms with van der Waals surface area (Å²) in [6.45, 7) is 7.68. The van der Waals surface area contributed by atoms with E-state index < -0.39 is 5.60 Å². The minimum absolute atomic E-state index is 0.103. The lowest BCUT2D eigenvalue weighted by Crippen LogP contribution is -2.35. The molecule has 0 amide bonds. The molecule has 59 heavy (non-hydrogen) atoms. The van der Waals surface area contributed by atoms with Gasteiger partial charge in [0.05, 0.1) is 38.1 Å². The normalized spacial score (nSPS) is 16.0. The number of aromatic nitrogens is 8. The van der Waals surface area contributed by atoms with Crippen LogP contribution in [-0.2, 0) is 30.9 Å². The fourth-order valence-electron chi connectivity index (χ4n) is 7.37. The molecule has 18 nitrogen and oxygen atoms in total. The Balaban J connectivity index is 1.00. The third kappa shape index (κ3) is 9.73. The van der Waals surface area contributed by atoms with Crippen LogP contribution in [0, 0.1) is 5.92 Å². The van der Waals surface area contributed by atoms with Gasteiger partial charge in [-0.2, -0.15) is 19.9 Å². The number of nitrogen functional groups attached to an aromatic ring is 1. The quantitative estimate of drug-likeness (QED) is 0.0647. The maximum atomic E-state index is 13.6. The molecule has 1 saturated heterocycles. The number of nitrogens with two attached hydrogens (primary N) is 1. The second-order valence-electron chi connectivity index (χ2n) is 16.1. The number of fused-ring (bicyclic) bond motifs is 2. The van der Waals surface area contributed by atoms with E-state index in [4.69, 9.17) is 24.9 Å². The second kappa shape index (κ2) is 17.2. The molecule has 312 valence electrons. The molecule has 2 fully saturated rings. The Morgan fingerprint density at radius 1 is 0.831 bits per heavy atom.